The molecule has 0 unspecified atom stereocenters. The maximum Gasteiger partial charge on any atom is 0.137 e. The zero-order valence-electron chi connectivity index (χ0n) is 77.0. The van der Waals surface area contributed by atoms with E-state index in [9.17, 15) is 0 Å². The van der Waals surface area contributed by atoms with Crippen molar-refractivity contribution in [3.8, 4) is 28.6 Å². The van der Waals surface area contributed by atoms with Crippen LogP contribution in [0.3, 0.4) is 0 Å². The summed E-state index contributed by atoms with van der Waals surface area (Å²) in [7, 11) is 0. The number of benzene rings is 12. The van der Waals surface area contributed by atoms with Crippen molar-refractivity contribution < 1.29 is 0 Å². The van der Waals surface area contributed by atoms with Crippen LogP contribution in [0.5, 0.6) is 0 Å². The van der Waals surface area contributed by atoms with Gasteiger partial charge in [0.05, 0.1) is 55.2 Å². The van der Waals surface area contributed by atoms with Crippen LogP contribution in [0.4, 0.5) is 0 Å². The number of hydrogen-bond donors (Lipinski definition) is 1. The first-order chi connectivity index (χ1) is 58.7. The maximum atomic E-state index is 4.95. The number of nitrogens with zero attached hydrogens (tertiary/aromatic N) is 7. The molecule has 0 fully saturated rings. The second-order valence-corrected chi connectivity index (χ2v) is 46.1. The van der Waals surface area contributed by atoms with Gasteiger partial charge in [-0.15, -0.1) is 0 Å². The standard InChI is InChI=1S/C57H57BrN4.C52H55N3.C5H3BrIN.CH4/c1-54(2,3)34-13-20-47-41(27-34)42-28-35(55(4,5)6)14-21-48(42)60(47)39-18-24-51-45(31-39)46-32-40(19-25-52(46)62(51)53-26-17-38(58)33-59-53)61-49-22-15-36(56(7,8)9)29-43(49)44-30-37(57(10,11)12)16-23-50(44)61;1-49(2,3)31-13-21-45-39(25-31)40-26-32(50(4,5)6)14-22-46(40)54(45)35-17-19-43-37(29-35)38-30-36(18-20-44(38)53-43)55-47-23-15-33(51(7,8)9)27-41(47)42-28-34(52(10,11)12)16-24-48(42)55;6-4-1-2-5(7)8-3-4;/h13-33H,1-12H3;13-30,53H,1-12H3;1-3H;1H4. The molecule has 0 aliphatic rings. The van der Waals surface area contributed by atoms with Crippen LogP contribution in [0.25, 0.3) is 159 Å². The van der Waals surface area contributed by atoms with Crippen LogP contribution in [0.15, 0.2) is 264 Å². The van der Waals surface area contributed by atoms with E-state index in [2.05, 4.69) is 484 Å². The zero-order valence-corrected chi connectivity index (χ0v) is 82.3. The van der Waals surface area contributed by atoms with Crippen LogP contribution in [-0.4, -0.2) is 37.8 Å². The Labute approximate surface area is 774 Å². The molecular weight excluding hydrogens is 1780 g/mol. The average Bonchev–Trinajstić information content (AvgIpc) is 1.57. The van der Waals surface area contributed by atoms with E-state index in [0.717, 1.165) is 51.9 Å². The predicted molar refractivity (Wildman–Crippen MR) is 560 cm³/mol. The van der Waals surface area contributed by atoms with Gasteiger partial charge in [0, 0.05) is 120 Å². The molecule has 0 spiro atoms. The molecule has 12 aromatic carbocycles. The van der Waals surface area contributed by atoms with Crippen molar-refractivity contribution in [3.05, 3.63) is 312 Å². The molecule has 8 nitrogen and oxygen atoms in total. The number of fused-ring (bicyclic) bond motifs is 18. The highest BCUT2D eigenvalue weighted by Gasteiger charge is 2.29. The number of H-pyrrole nitrogens is 1. The van der Waals surface area contributed by atoms with Gasteiger partial charge in [0.1, 0.15) is 9.52 Å². The quantitative estimate of drug-likeness (QED) is 0.138. The summed E-state index contributed by atoms with van der Waals surface area (Å²) in [6, 6.07) is 92.6. The van der Waals surface area contributed by atoms with Gasteiger partial charge in [0.2, 0.25) is 0 Å². The van der Waals surface area contributed by atoms with Crippen molar-refractivity contribution in [2.45, 2.75) is 217 Å². The lowest BCUT2D eigenvalue weighted by molar-refractivity contribution is 0.590. The van der Waals surface area contributed by atoms with Crippen molar-refractivity contribution in [2.24, 2.45) is 0 Å². The SMILES string of the molecule is Brc1ccc(I)nc1.C.CC(C)(C)c1ccc2c(c1)c1cc(C(C)(C)C)ccc1n2-c1ccc2[nH]c3ccc(-n4c5ccc(C(C)(C)C)cc5c5cc(C(C)(C)C)ccc54)cc3c2c1.CC(C)(C)c1ccc2c(c1)c1cc(C(C)(C)C)ccc1n2-c1ccc2c(c1)c1cc(-n3c4ccc(C(C)(C)C)cc4c4cc(C(C)(C)C)ccc43)ccc1n2-c1ccc(Br)cn1. The molecule has 0 radical (unpaired) electrons. The van der Waals surface area contributed by atoms with Crippen molar-refractivity contribution in [3.63, 3.8) is 0 Å². The van der Waals surface area contributed by atoms with Gasteiger partial charge < -0.3 is 23.3 Å². The number of aromatic nitrogens is 8. The molecule has 8 aromatic heterocycles. The lowest BCUT2D eigenvalue weighted by atomic mass is 9.85. The van der Waals surface area contributed by atoms with Crippen LogP contribution in [0, 0.1) is 3.70 Å². The van der Waals surface area contributed by atoms with Crippen LogP contribution in [0.1, 0.15) is 218 Å². The minimum Gasteiger partial charge on any atom is -0.355 e. The number of halogens is 3. The van der Waals surface area contributed by atoms with E-state index >= 15 is 0 Å². The Morgan fingerprint density at radius 2 is 0.421 bits per heavy atom. The summed E-state index contributed by atoms with van der Waals surface area (Å²) in [6.45, 7) is 55.3. The van der Waals surface area contributed by atoms with Crippen LogP contribution in [0.2, 0.25) is 0 Å². The monoisotopic (exact) mass is 1900 g/mol. The highest BCUT2D eigenvalue weighted by molar-refractivity contribution is 14.1. The molecule has 20 aromatic rings. The average molecular weight is 1900 g/mol. The first kappa shape index (κ1) is 87.5. The number of pyridine rings is 2. The van der Waals surface area contributed by atoms with E-state index in [4.69, 9.17) is 4.98 Å². The van der Waals surface area contributed by atoms with Gasteiger partial charge in [-0.25, -0.2) is 9.97 Å². The first-order valence-corrected chi connectivity index (χ1v) is 46.8. The fourth-order valence-corrected chi connectivity index (χ4v) is 19.3. The highest BCUT2D eigenvalue weighted by atomic mass is 127. The molecule has 8 heterocycles. The Kier molecular flexibility index (Phi) is 21.6. The predicted octanol–water partition coefficient (Wildman–Crippen LogP) is 34.1. The van der Waals surface area contributed by atoms with E-state index < -0.39 is 0 Å². The van der Waals surface area contributed by atoms with Gasteiger partial charge in [-0.05, 0) is 336 Å². The molecule has 0 bridgehead atoms. The van der Waals surface area contributed by atoms with Gasteiger partial charge in [0.15, 0.2) is 0 Å². The maximum absolute atomic E-state index is 4.95. The molecule has 0 saturated heterocycles. The Morgan fingerprint density at radius 3 is 0.627 bits per heavy atom. The molecule has 0 atom stereocenters. The molecule has 11 heteroatoms. The zero-order chi connectivity index (χ0) is 88.8. The van der Waals surface area contributed by atoms with Gasteiger partial charge in [-0.3, -0.25) is 4.57 Å². The number of hydrogen-bond acceptors (Lipinski definition) is 2. The van der Waals surface area contributed by atoms with E-state index in [1.54, 1.807) is 6.20 Å². The van der Waals surface area contributed by atoms with E-state index in [0.29, 0.717) is 0 Å². The first-order valence-electron chi connectivity index (χ1n) is 44.1. The van der Waals surface area contributed by atoms with Crippen LogP contribution < -0.4 is 0 Å². The Bertz CT molecular complexity index is 7030. The van der Waals surface area contributed by atoms with Crippen molar-refractivity contribution in [1.82, 2.24) is 37.8 Å². The molecule has 0 saturated carbocycles. The molecule has 1 N–H and O–H groups in total. The van der Waals surface area contributed by atoms with Gasteiger partial charge in [-0.2, -0.15) is 0 Å². The smallest absolute Gasteiger partial charge is 0.137 e. The van der Waals surface area contributed by atoms with Gasteiger partial charge >= 0.3 is 0 Å². The third-order valence-electron chi connectivity index (χ3n) is 26.0. The van der Waals surface area contributed by atoms with Crippen molar-refractivity contribution >= 4 is 185 Å². The van der Waals surface area contributed by atoms with Gasteiger partial charge in [-0.1, -0.05) is 222 Å². The minimum atomic E-state index is 0. The lowest BCUT2D eigenvalue weighted by Crippen LogP contribution is -2.10. The molecule has 0 amide bonds. The number of nitrogens with one attached hydrogen (secondary N) is 1. The minimum absolute atomic E-state index is 0. The van der Waals surface area contributed by atoms with Crippen molar-refractivity contribution in [2.75, 3.05) is 0 Å². The molecular formula is C115H119Br2IN8. The second-order valence-electron chi connectivity index (χ2n) is 43.2. The fourth-order valence-electron chi connectivity index (χ4n) is 18.5. The van der Waals surface area contributed by atoms with E-state index in [1.165, 1.54) is 165 Å². The van der Waals surface area contributed by atoms with E-state index in [1.807, 2.05) is 18.3 Å². The second kappa shape index (κ2) is 31.1. The molecule has 640 valence electrons. The molecule has 0 aliphatic carbocycles. The lowest BCUT2D eigenvalue weighted by Gasteiger charge is -2.19. The Morgan fingerprint density at radius 1 is 0.222 bits per heavy atom. The summed E-state index contributed by atoms with van der Waals surface area (Å²) in [6.07, 6.45) is 3.67. The summed E-state index contributed by atoms with van der Waals surface area (Å²) >= 11 is 9.08. The molecule has 126 heavy (non-hydrogen) atoms. The summed E-state index contributed by atoms with van der Waals surface area (Å²) in [5.41, 5.74) is 30.1. The van der Waals surface area contributed by atoms with Gasteiger partial charge in [0.25, 0.3) is 0 Å². The third kappa shape index (κ3) is 15.8. The largest absolute Gasteiger partial charge is 0.355 e. The summed E-state index contributed by atoms with van der Waals surface area (Å²) < 4.78 is 15.2. The molecule has 0 aliphatic heterocycles. The normalized spacial score (nSPS) is 13.0. The van der Waals surface area contributed by atoms with Crippen LogP contribution in [-0.2, 0) is 43.3 Å². The summed E-state index contributed by atoms with van der Waals surface area (Å²) in [5, 5.41) is 15.2. The molecule has 20 rings (SSSR count). The van der Waals surface area contributed by atoms with Crippen molar-refractivity contribution in [1.29, 1.82) is 0 Å². The number of aromatic amines is 1. The fraction of sp³-hybridized carbons (Fsp3) is 0.287. The summed E-state index contributed by atoms with van der Waals surface area (Å²) in [4.78, 5) is 12.7. The highest BCUT2D eigenvalue weighted by Crippen LogP contribution is 2.47. The van der Waals surface area contributed by atoms with E-state index in [-0.39, 0.29) is 50.7 Å². The van der Waals surface area contributed by atoms with Crippen LogP contribution >= 0.6 is 54.5 Å². The topological polar surface area (TPSA) is 66.2 Å². The number of rotatable bonds is 5. The third-order valence-corrected chi connectivity index (χ3v) is 27.5. The Hall–Kier alpha value is -10.6. The Balaban J connectivity index is 0.000000163. The summed E-state index contributed by atoms with van der Waals surface area (Å²) in [5.74, 6) is 0.885.